The molecule has 0 radical (unpaired) electrons. The number of aliphatic carboxylic acids is 1. The Morgan fingerprint density at radius 2 is 2.44 bits per heavy atom. The number of carboxylic acid groups (broad SMARTS) is 1. The van der Waals surface area contributed by atoms with E-state index in [1.54, 1.807) is 0 Å². The lowest BCUT2D eigenvalue weighted by Crippen LogP contribution is -2.40. The first kappa shape index (κ1) is 13.2. The van der Waals surface area contributed by atoms with Crippen LogP contribution in [-0.2, 0) is 4.79 Å². The third kappa shape index (κ3) is 4.33. The second-order valence-electron chi connectivity index (χ2n) is 4.47. The zero-order valence-corrected chi connectivity index (χ0v) is 9.98. The molecular weight excluding hydrogens is 204 g/mol. The maximum atomic E-state index is 10.6. The highest BCUT2D eigenvalue weighted by atomic mass is 16.4. The van der Waals surface area contributed by atoms with E-state index in [0.717, 1.165) is 26.1 Å². The first-order valence-electron chi connectivity index (χ1n) is 5.93. The van der Waals surface area contributed by atoms with Crippen LogP contribution in [0.2, 0.25) is 0 Å². The van der Waals surface area contributed by atoms with Crippen molar-refractivity contribution >= 4 is 5.97 Å². The fraction of sp³-hybridized carbons (Fsp3) is 0.750. The zero-order valence-electron chi connectivity index (χ0n) is 9.98. The summed E-state index contributed by atoms with van der Waals surface area (Å²) in [6.07, 6.45) is 3.96. The highest BCUT2D eigenvalue weighted by Crippen LogP contribution is 2.12. The van der Waals surface area contributed by atoms with Crippen LogP contribution >= 0.6 is 0 Å². The van der Waals surface area contributed by atoms with Crippen molar-refractivity contribution in [3.8, 4) is 0 Å². The molecule has 0 aromatic heterocycles. The standard InChI is InChI=1S/C12H22N2O2/c1-3-7-14-8-6-10(2)13-9-11(14)4-5-12(15)16/h3,10-11,13H,1,4-9H2,2H3,(H,15,16). The third-order valence-electron chi connectivity index (χ3n) is 3.12. The zero-order chi connectivity index (χ0) is 12.0. The maximum absolute atomic E-state index is 10.6. The first-order valence-corrected chi connectivity index (χ1v) is 5.93. The summed E-state index contributed by atoms with van der Waals surface area (Å²) in [6, 6.07) is 0.834. The number of carboxylic acids is 1. The van der Waals surface area contributed by atoms with Gasteiger partial charge in [0.2, 0.25) is 0 Å². The molecule has 1 aliphatic heterocycles. The Morgan fingerprint density at radius 1 is 1.69 bits per heavy atom. The predicted molar refractivity (Wildman–Crippen MR) is 64.5 cm³/mol. The summed E-state index contributed by atoms with van der Waals surface area (Å²) >= 11 is 0. The van der Waals surface area contributed by atoms with Gasteiger partial charge in [-0.2, -0.15) is 0 Å². The van der Waals surface area contributed by atoms with Crippen molar-refractivity contribution in [1.29, 1.82) is 0 Å². The van der Waals surface area contributed by atoms with E-state index in [1.807, 2.05) is 6.08 Å². The van der Waals surface area contributed by atoms with Crippen molar-refractivity contribution in [2.24, 2.45) is 0 Å². The van der Waals surface area contributed by atoms with Crippen LogP contribution in [0.5, 0.6) is 0 Å². The Hall–Kier alpha value is -0.870. The van der Waals surface area contributed by atoms with Crippen molar-refractivity contribution in [1.82, 2.24) is 10.2 Å². The molecule has 0 bridgehead atoms. The summed E-state index contributed by atoms with van der Waals surface area (Å²) < 4.78 is 0. The molecule has 1 rings (SSSR count). The summed E-state index contributed by atoms with van der Waals surface area (Å²) in [6.45, 7) is 8.67. The van der Waals surface area contributed by atoms with E-state index in [4.69, 9.17) is 5.11 Å². The molecule has 2 unspecified atom stereocenters. The van der Waals surface area contributed by atoms with Crippen molar-refractivity contribution < 1.29 is 9.90 Å². The van der Waals surface area contributed by atoms with Crippen molar-refractivity contribution in [2.75, 3.05) is 19.6 Å². The average Bonchev–Trinajstić information content (AvgIpc) is 2.40. The summed E-state index contributed by atoms with van der Waals surface area (Å²) in [4.78, 5) is 12.9. The summed E-state index contributed by atoms with van der Waals surface area (Å²) in [5, 5.41) is 12.2. The van der Waals surface area contributed by atoms with Gasteiger partial charge in [0.25, 0.3) is 0 Å². The predicted octanol–water partition coefficient (Wildman–Crippen LogP) is 1.09. The molecule has 2 atom stereocenters. The van der Waals surface area contributed by atoms with Gasteiger partial charge in [0.15, 0.2) is 0 Å². The molecule has 1 fully saturated rings. The molecule has 92 valence electrons. The fourth-order valence-electron chi connectivity index (χ4n) is 2.09. The molecule has 0 spiro atoms. The van der Waals surface area contributed by atoms with E-state index in [9.17, 15) is 4.79 Å². The summed E-state index contributed by atoms with van der Waals surface area (Å²) in [5.74, 6) is -0.712. The van der Waals surface area contributed by atoms with Gasteiger partial charge in [-0.05, 0) is 19.8 Å². The monoisotopic (exact) mass is 226 g/mol. The van der Waals surface area contributed by atoms with Crippen LogP contribution in [0.4, 0.5) is 0 Å². The second-order valence-corrected chi connectivity index (χ2v) is 4.47. The Kier molecular flexibility index (Phi) is 5.49. The van der Waals surface area contributed by atoms with Crippen LogP contribution in [0.15, 0.2) is 12.7 Å². The molecule has 16 heavy (non-hydrogen) atoms. The normalized spacial score (nSPS) is 27.3. The van der Waals surface area contributed by atoms with Gasteiger partial charge in [-0.15, -0.1) is 6.58 Å². The van der Waals surface area contributed by atoms with E-state index in [0.29, 0.717) is 18.5 Å². The number of rotatable bonds is 5. The molecule has 4 nitrogen and oxygen atoms in total. The molecule has 0 aromatic rings. The van der Waals surface area contributed by atoms with Gasteiger partial charge in [-0.25, -0.2) is 0 Å². The van der Waals surface area contributed by atoms with Gasteiger partial charge >= 0.3 is 5.97 Å². The Labute approximate surface area is 97.3 Å². The molecule has 0 aromatic carbocycles. The second kappa shape index (κ2) is 6.66. The number of nitrogens with zero attached hydrogens (tertiary/aromatic N) is 1. The number of nitrogens with one attached hydrogen (secondary N) is 1. The average molecular weight is 226 g/mol. The first-order chi connectivity index (χ1) is 7.63. The number of carbonyl (C=O) groups is 1. The Morgan fingerprint density at radius 3 is 3.06 bits per heavy atom. The molecule has 1 saturated heterocycles. The maximum Gasteiger partial charge on any atom is 0.303 e. The lowest BCUT2D eigenvalue weighted by molar-refractivity contribution is -0.137. The molecule has 0 amide bonds. The van der Waals surface area contributed by atoms with Crippen molar-refractivity contribution in [3.63, 3.8) is 0 Å². The minimum atomic E-state index is -0.712. The minimum Gasteiger partial charge on any atom is -0.481 e. The summed E-state index contributed by atoms with van der Waals surface area (Å²) in [7, 11) is 0. The molecular formula is C12H22N2O2. The largest absolute Gasteiger partial charge is 0.481 e. The van der Waals surface area contributed by atoms with Gasteiger partial charge in [0.05, 0.1) is 0 Å². The molecule has 2 N–H and O–H groups in total. The van der Waals surface area contributed by atoms with Gasteiger partial charge < -0.3 is 10.4 Å². The quantitative estimate of drug-likeness (QED) is 0.689. The fourth-order valence-corrected chi connectivity index (χ4v) is 2.09. The van der Waals surface area contributed by atoms with Crippen LogP contribution in [-0.4, -0.2) is 47.7 Å². The van der Waals surface area contributed by atoms with Crippen LogP contribution in [0.25, 0.3) is 0 Å². The molecule has 1 aliphatic rings. The van der Waals surface area contributed by atoms with Gasteiger partial charge in [0.1, 0.15) is 0 Å². The third-order valence-corrected chi connectivity index (χ3v) is 3.12. The lowest BCUT2D eigenvalue weighted by atomic mass is 10.1. The van der Waals surface area contributed by atoms with Crippen LogP contribution in [0, 0.1) is 0 Å². The van der Waals surface area contributed by atoms with E-state index in [-0.39, 0.29) is 6.42 Å². The van der Waals surface area contributed by atoms with Gasteiger partial charge in [-0.3, -0.25) is 9.69 Å². The van der Waals surface area contributed by atoms with Crippen LogP contribution < -0.4 is 5.32 Å². The molecule has 0 aliphatic carbocycles. The Bertz CT molecular complexity index is 243. The molecule has 0 saturated carbocycles. The van der Waals surface area contributed by atoms with Crippen LogP contribution in [0.3, 0.4) is 0 Å². The molecule has 4 heteroatoms. The number of hydrogen-bond acceptors (Lipinski definition) is 3. The highest BCUT2D eigenvalue weighted by Gasteiger charge is 2.22. The van der Waals surface area contributed by atoms with Crippen molar-refractivity contribution in [2.45, 2.75) is 38.3 Å². The van der Waals surface area contributed by atoms with E-state index >= 15 is 0 Å². The van der Waals surface area contributed by atoms with E-state index in [1.165, 1.54) is 0 Å². The van der Waals surface area contributed by atoms with Crippen LogP contribution in [0.1, 0.15) is 26.2 Å². The van der Waals surface area contributed by atoms with Crippen molar-refractivity contribution in [3.05, 3.63) is 12.7 Å². The lowest BCUT2D eigenvalue weighted by Gasteiger charge is -2.28. The minimum absolute atomic E-state index is 0.244. The highest BCUT2D eigenvalue weighted by molar-refractivity contribution is 5.66. The SMILES string of the molecule is C=CCN1CCC(C)NCC1CCC(=O)O. The Balaban J connectivity index is 2.52. The topological polar surface area (TPSA) is 52.6 Å². The smallest absolute Gasteiger partial charge is 0.303 e. The molecule has 1 heterocycles. The number of hydrogen-bond donors (Lipinski definition) is 2. The van der Waals surface area contributed by atoms with E-state index < -0.39 is 5.97 Å². The van der Waals surface area contributed by atoms with Gasteiger partial charge in [0, 0.05) is 38.1 Å². The van der Waals surface area contributed by atoms with E-state index in [2.05, 4.69) is 23.7 Å². The van der Waals surface area contributed by atoms with Gasteiger partial charge in [-0.1, -0.05) is 6.08 Å². The summed E-state index contributed by atoms with van der Waals surface area (Å²) in [5.41, 5.74) is 0.